The Morgan fingerprint density at radius 2 is 1.95 bits per heavy atom. The van der Waals surface area contributed by atoms with Crippen molar-refractivity contribution >= 4 is 41.1 Å². The molecule has 1 nitrogen and oxygen atoms in total. The van der Waals surface area contributed by atoms with Crippen molar-refractivity contribution in [2.45, 2.75) is 16.4 Å². The molecule has 1 aromatic carbocycles. The number of benzene rings is 1. The summed E-state index contributed by atoms with van der Waals surface area (Å²) in [4.78, 5) is 2.24. The smallest absolute Gasteiger partial charge is 0.0680 e. The lowest BCUT2D eigenvalue weighted by molar-refractivity contribution is 0.417. The molecule has 0 N–H and O–H groups in total. The Balaban J connectivity index is 0.00000161. The molecule has 0 bridgehead atoms. The molecule has 0 fully saturated rings. The maximum Gasteiger partial charge on any atom is 0.0680 e. The topological polar surface area (TPSA) is 3.24 Å². The third-order valence-corrected chi connectivity index (χ3v) is 5.80. The second-order valence-electron chi connectivity index (χ2n) is 5.28. The van der Waals surface area contributed by atoms with Crippen molar-refractivity contribution in [3.05, 3.63) is 58.5 Å². The maximum atomic E-state index is 2.41. The van der Waals surface area contributed by atoms with Gasteiger partial charge in [0.25, 0.3) is 0 Å². The molecule has 0 saturated carbocycles. The molecule has 2 aromatic rings. The summed E-state index contributed by atoms with van der Waals surface area (Å²) in [6.45, 7) is 1.10. The van der Waals surface area contributed by atoms with E-state index in [1.807, 2.05) is 23.1 Å². The first kappa shape index (κ1) is 16.6. The molecule has 0 aliphatic carbocycles. The minimum absolute atomic E-state index is 0. The summed E-state index contributed by atoms with van der Waals surface area (Å²) < 4.78 is 1.46. The van der Waals surface area contributed by atoms with E-state index in [1.54, 1.807) is 0 Å². The van der Waals surface area contributed by atoms with E-state index >= 15 is 0 Å². The number of hydrogen-bond donors (Lipinski definition) is 0. The molecule has 3 rings (SSSR count). The quantitative estimate of drug-likeness (QED) is 0.761. The summed E-state index contributed by atoms with van der Waals surface area (Å²) >= 11 is 3.83. The number of fused-ring (bicyclic) bond motifs is 2. The number of halogens is 1. The molecule has 1 aliphatic heterocycles. The second-order valence-corrected chi connectivity index (χ2v) is 7.44. The fraction of sp³-hybridized carbons (Fsp3) is 0.294. The van der Waals surface area contributed by atoms with Crippen LogP contribution in [0.15, 0.2) is 46.0 Å². The van der Waals surface area contributed by atoms with Crippen molar-refractivity contribution in [2.24, 2.45) is 0 Å². The fourth-order valence-electron chi connectivity index (χ4n) is 2.49. The molecule has 0 saturated heterocycles. The first-order valence-electron chi connectivity index (χ1n) is 6.89. The zero-order chi connectivity index (χ0) is 13.9. The van der Waals surface area contributed by atoms with Gasteiger partial charge in [-0.15, -0.1) is 35.5 Å². The maximum absolute atomic E-state index is 2.41. The van der Waals surface area contributed by atoms with E-state index in [-0.39, 0.29) is 12.4 Å². The Hall–Kier alpha value is -0.740. The Labute approximate surface area is 141 Å². The monoisotopic (exact) mass is 337 g/mol. The Morgan fingerprint density at radius 3 is 2.76 bits per heavy atom. The minimum Gasteiger partial charge on any atom is -0.309 e. The van der Waals surface area contributed by atoms with Crippen LogP contribution >= 0.6 is 35.5 Å². The molecule has 112 valence electrons. The van der Waals surface area contributed by atoms with Crippen molar-refractivity contribution in [3.8, 4) is 0 Å². The molecule has 1 aromatic heterocycles. The molecule has 1 aliphatic rings. The highest BCUT2D eigenvalue weighted by Gasteiger charge is 2.18. The van der Waals surface area contributed by atoms with E-state index in [1.165, 1.54) is 26.5 Å². The zero-order valence-corrected chi connectivity index (χ0v) is 14.8. The molecule has 0 spiro atoms. The Morgan fingerprint density at radius 1 is 1.14 bits per heavy atom. The van der Waals surface area contributed by atoms with Crippen LogP contribution < -0.4 is 0 Å². The summed E-state index contributed by atoms with van der Waals surface area (Å²) in [5.74, 6) is 1.08. The highest BCUT2D eigenvalue weighted by Crippen LogP contribution is 2.42. The van der Waals surface area contributed by atoms with Gasteiger partial charge in [0.05, 0.1) is 4.21 Å². The highest BCUT2D eigenvalue weighted by atomic mass is 35.5. The highest BCUT2D eigenvalue weighted by molar-refractivity contribution is 8.00. The summed E-state index contributed by atoms with van der Waals surface area (Å²) in [6.07, 6.45) is 3.51. The summed E-state index contributed by atoms with van der Waals surface area (Å²) in [7, 11) is 4.26. The van der Waals surface area contributed by atoms with Crippen LogP contribution in [-0.2, 0) is 5.75 Å². The standard InChI is InChI=1S/C17H19NS2.ClH/c1-18(2)10-5-8-15-14-7-4-3-6-13(14)12-20-17-16(15)9-11-19-17;/h3-4,6-9,11H,5,10,12H2,1-2H3;1H/b15-8-;. The molecular formula is C17H20ClNS2. The van der Waals surface area contributed by atoms with Gasteiger partial charge in [0.1, 0.15) is 0 Å². The van der Waals surface area contributed by atoms with Crippen LogP contribution in [0.3, 0.4) is 0 Å². The lowest BCUT2D eigenvalue weighted by Crippen LogP contribution is -2.12. The SMILES string of the molecule is CN(C)CC/C=C1/c2ccccc2CSc2sccc21.Cl. The van der Waals surface area contributed by atoms with Crippen LogP contribution in [-0.4, -0.2) is 25.5 Å². The van der Waals surface area contributed by atoms with Crippen LogP contribution in [0.2, 0.25) is 0 Å². The van der Waals surface area contributed by atoms with Crippen molar-refractivity contribution in [2.75, 3.05) is 20.6 Å². The zero-order valence-electron chi connectivity index (χ0n) is 12.3. The normalized spacial score (nSPS) is 15.3. The van der Waals surface area contributed by atoms with Crippen molar-refractivity contribution in [3.63, 3.8) is 0 Å². The van der Waals surface area contributed by atoms with Gasteiger partial charge in [-0.05, 0) is 48.7 Å². The predicted octanol–water partition coefficient (Wildman–Crippen LogP) is 5.16. The lowest BCUT2D eigenvalue weighted by atomic mass is 9.95. The van der Waals surface area contributed by atoms with Crippen LogP contribution in [0.5, 0.6) is 0 Å². The van der Waals surface area contributed by atoms with Gasteiger partial charge in [-0.3, -0.25) is 0 Å². The predicted molar refractivity (Wildman–Crippen MR) is 97.8 cm³/mol. The van der Waals surface area contributed by atoms with Crippen molar-refractivity contribution in [1.82, 2.24) is 4.90 Å². The minimum atomic E-state index is 0. The molecule has 0 radical (unpaired) electrons. The van der Waals surface area contributed by atoms with Gasteiger partial charge in [0.15, 0.2) is 0 Å². The molecular weight excluding hydrogens is 318 g/mol. The first-order valence-corrected chi connectivity index (χ1v) is 8.76. The number of nitrogens with zero attached hydrogens (tertiary/aromatic N) is 1. The van der Waals surface area contributed by atoms with E-state index < -0.39 is 0 Å². The average molecular weight is 338 g/mol. The van der Waals surface area contributed by atoms with E-state index in [0.717, 1.165) is 18.7 Å². The van der Waals surface area contributed by atoms with Crippen molar-refractivity contribution < 1.29 is 0 Å². The molecule has 4 heteroatoms. The Bertz CT molecular complexity index is 631. The van der Waals surface area contributed by atoms with Crippen LogP contribution in [0.1, 0.15) is 23.1 Å². The summed E-state index contributed by atoms with van der Waals surface area (Å²) in [5.41, 5.74) is 5.71. The molecule has 0 amide bonds. The van der Waals surface area contributed by atoms with Gasteiger partial charge in [-0.25, -0.2) is 0 Å². The first-order chi connectivity index (χ1) is 9.75. The van der Waals surface area contributed by atoms with Crippen LogP contribution in [0.4, 0.5) is 0 Å². The van der Waals surface area contributed by atoms with Crippen molar-refractivity contribution in [1.29, 1.82) is 0 Å². The summed E-state index contributed by atoms with van der Waals surface area (Å²) in [6, 6.07) is 11.1. The van der Waals surface area contributed by atoms with Gasteiger partial charge < -0.3 is 4.90 Å². The van der Waals surface area contributed by atoms with Crippen LogP contribution in [0.25, 0.3) is 5.57 Å². The number of hydrogen-bond acceptors (Lipinski definition) is 3. The van der Waals surface area contributed by atoms with E-state index in [9.17, 15) is 0 Å². The van der Waals surface area contributed by atoms with Gasteiger partial charge in [0.2, 0.25) is 0 Å². The third-order valence-electron chi connectivity index (χ3n) is 3.51. The van der Waals surface area contributed by atoms with Crippen LogP contribution in [0, 0.1) is 0 Å². The molecule has 0 unspecified atom stereocenters. The van der Waals surface area contributed by atoms with Gasteiger partial charge in [-0.1, -0.05) is 30.3 Å². The summed E-state index contributed by atoms with van der Waals surface area (Å²) in [5, 5.41) is 2.21. The molecule has 21 heavy (non-hydrogen) atoms. The molecule has 2 heterocycles. The fourth-order valence-corrected chi connectivity index (χ4v) is 4.61. The number of thiophene rings is 1. The number of thioether (sulfide) groups is 1. The van der Waals surface area contributed by atoms with E-state index in [2.05, 4.69) is 60.8 Å². The Kier molecular flexibility index (Phi) is 5.94. The third kappa shape index (κ3) is 3.72. The number of rotatable bonds is 3. The van der Waals surface area contributed by atoms with Gasteiger partial charge in [0, 0.05) is 17.9 Å². The van der Waals surface area contributed by atoms with Gasteiger partial charge >= 0.3 is 0 Å². The van der Waals surface area contributed by atoms with Gasteiger partial charge in [-0.2, -0.15) is 0 Å². The largest absolute Gasteiger partial charge is 0.309 e. The van der Waals surface area contributed by atoms with E-state index in [4.69, 9.17) is 0 Å². The lowest BCUT2D eigenvalue weighted by Gasteiger charge is -2.11. The van der Waals surface area contributed by atoms with E-state index in [0.29, 0.717) is 0 Å². The average Bonchev–Trinajstić information content (AvgIpc) is 2.84. The second kappa shape index (κ2) is 7.50. The molecule has 0 atom stereocenters.